The van der Waals surface area contributed by atoms with Crippen molar-refractivity contribution in [3.8, 4) is 5.75 Å². The number of aryl methyl sites for hydroxylation is 1. The molecule has 0 heterocycles. The van der Waals surface area contributed by atoms with Crippen LogP contribution in [0.4, 0.5) is 5.69 Å². The number of amides is 1. The molecule has 0 aliphatic rings. The van der Waals surface area contributed by atoms with Crippen LogP contribution in [0.25, 0.3) is 0 Å². The van der Waals surface area contributed by atoms with Crippen molar-refractivity contribution < 1.29 is 13.7 Å². The van der Waals surface area contributed by atoms with E-state index < -0.39 is 17.1 Å². The molecule has 1 atom stereocenters. The lowest BCUT2D eigenvalue weighted by atomic mass is 10.1. The van der Waals surface area contributed by atoms with E-state index in [1.807, 2.05) is 19.1 Å². The van der Waals surface area contributed by atoms with Crippen molar-refractivity contribution >= 4 is 34.4 Å². The van der Waals surface area contributed by atoms with Gasteiger partial charge in [0, 0.05) is 11.3 Å². The minimum atomic E-state index is -1.77. The third-order valence-corrected chi connectivity index (χ3v) is 3.95. The van der Waals surface area contributed by atoms with Gasteiger partial charge in [-0.25, -0.2) is 4.21 Å². The van der Waals surface area contributed by atoms with Gasteiger partial charge in [-0.1, -0.05) is 29.3 Å². The average Bonchev–Trinajstić information content (AvgIpc) is 2.48. The van der Waals surface area contributed by atoms with Crippen LogP contribution in [-0.4, -0.2) is 17.2 Å². The average molecular weight is 339 g/mol. The van der Waals surface area contributed by atoms with Gasteiger partial charge in [0.25, 0.3) is 5.91 Å². The lowest BCUT2D eigenvalue weighted by molar-refractivity contribution is 0.0983. The number of carbonyl (C=O) groups is 1. The molecule has 0 fully saturated rings. The van der Waals surface area contributed by atoms with Crippen LogP contribution in [-0.2, 0) is 11.2 Å². The lowest BCUT2D eigenvalue weighted by Gasteiger charge is -2.09. The summed E-state index contributed by atoms with van der Waals surface area (Å²) in [6, 6.07) is 11.8. The lowest BCUT2D eigenvalue weighted by Crippen LogP contribution is -2.29. The summed E-state index contributed by atoms with van der Waals surface area (Å²) in [7, 11) is 1.51. The second kappa shape index (κ2) is 7.29. The maximum Gasteiger partial charge on any atom is 0.264 e. The van der Waals surface area contributed by atoms with Crippen LogP contribution in [0.1, 0.15) is 15.9 Å². The van der Waals surface area contributed by atoms with E-state index in [9.17, 15) is 9.00 Å². The Labute approximate surface area is 136 Å². The molecule has 0 unspecified atom stereocenters. The van der Waals surface area contributed by atoms with E-state index in [2.05, 4.69) is 9.44 Å². The number of carbonyl (C=O) groups excluding carboxylic acids is 1. The first-order valence-electron chi connectivity index (χ1n) is 6.39. The van der Waals surface area contributed by atoms with Gasteiger partial charge in [-0.2, -0.15) is 0 Å². The fourth-order valence-corrected chi connectivity index (χ4v) is 2.65. The first-order chi connectivity index (χ1) is 10.5. The second-order valence-electron chi connectivity index (χ2n) is 4.52. The van der Waals surface area contributed by atoms with E-state index in [1.165, 1.54) is 7.11 Å². The molecule has 2 rings (SSSR count). The van der Waals surface area contributed by atoms with Crippen LogP contribution in [0.2, 0.25) is 5.02 Å². The Morgan fingerprint density at radius 3 is 2.45 bits per heavy atom. The third-order valence-electron chi connectivity index (χ3n) is 2.86. The molecule has 116 valence electrons. The van der Waals surface area contributed by atoms with E-state index in [4.69, 9.17) is 16.3 Å². The van der Waals surface area contributed by atoms with Crippen molar-refractivity contribution in [3.05, 3.63) is 58.6 Å². The Hall–Kier alpha value is -2.05. The molecule has 2 aromatic carbocycles. The Balaban J connectivity index is 1.99. The Morgan fingerprint density at radius 2 is 1.86 bits per heavy atom. The fraction of sp³-hybridized carbons (Fsp3) is 0.133. The number of anilines is 1. The highest BCUT2D eigenvalue weighted by atomic mass is 35.5. The molecule has 0 bridgehead atoms. The smallest absolute Gasteiger partial charge is 0.264 e. The molecule has 7 heteroatoms. The van der Waals surface area contributed by atoms with Gasteiger partial charge >= 0.3 is 0 Å². The van der Waals surface area contributed by atoms with Crippen LogP contribution in [0.15, 0.2) is 42.5 Å². The van der Waals surface area contributed by atoms with Gasteiger partial charge in [-0.05, 0) is 37.3 Å². The minimum absolute atomic E-state index is 0.384. The van der Waals surface area contributed by atoms with E-state index in [0.717, 1.165) is 5.56 Å². The molecular weight excluding hydrogens is 324 g/mol. The van der Waals surface area contributed by atoms with Gasteiger partial charge in [0.2, 0.25) is 11.2 Å². The molecule has 0 spiro atoms. The largest absolute Gasteiger partial charge is 0.495 e. The number of methoxy groups -OCH3 is 1. The zero-order chi connectivity index (χ0) is 16.1. The summed E-state index contributed by atoms with van der Waals surface area (Å²) in [5, 5.41) is 0.384. The van der Waals surface area contributed by atoms with Gasteiger partial charge in [-0.3, -0.25) is 14.2 Å². The highest BCUT2D eigenvalue weighted by molar-refractivity contribution is 7.85. The second-order valence-corrected chi connectivity index (χ2v) is 5.87. The van der Waals surface area contributed by atoms with Gasteiger partial charge in [0.15, 0.2) is 0 Å². The first kappa shape index (κ1) is 16.3. The van der Waals surface area contributed by atoms with E-state index in [-0.39, 0.29) is 0 Å². The molecule has 0 aromatic heterocycles. The summed E-state index contributed by atoms with van der Waals surface area (Å²) in [6.07, 6.45) is 0. The predicted octanol–water partition coefficient (Wildman–Crippen LogP) is 3.08. The SMILES string of the molecule is COc1ccc(N[S@](=O)NC(=O)c2ccc(C)cc2)cc1Cl. The summed E-state index contributed by atoms with van der Waals surface area (Å²) in [4.78, 5) is 11.9. The maximum absolute atomic E-state index is 11.9. The number of halogens is 1. The molecule has 2 N–H and O–H groups in total. The van der Waals surface area contributed by atoms with Crippen molar-refractivity contribution in [3.63, 3.8) is 0 Å². The molecule has 22 heavy (non-hydrogen) atoms. The van der Waals surface area contributed by atoms with Crippen molar-refractivity contribution in [1.29, 1.82) is 0 Å². The quantitative estimate of drug-likeness (QED) is 0.880. The van der Waals surface area contributed by atoms with Crippen molar-refractivity contribution in [2.45, 2.75) is 6.92 Å². The predicted molar refractivity (Wildman–Crippen MR) is 88.4 cm³/mol. The van der Waals surface area contributed by atoms with Gasteiger partial charge < -0.3 is 4.74 Å². The zero-order valence-corrected chi connectivity index (χ0v) is 13.6. The molecular formula is C15H15ClN2O3S. The van der Waals surface area contributed by atoms with Crippen LogP contribution in [0, 0.1) is 6.92 Å². The summed E-state index contributed by atoms with van der Waals surface area (Å²) < 4.78 is 22.0. The molecule has 0 saturated carbocycles. The standard InChI is InChI=1S/C15H15ClN2O3S/c1-10-3-5-11(6-4-10)15(19)18-22(20)17-12-7-8-14(21-2)13(16)9-12/h3-9,17H,1-2H3,(H,18,19)/t22-/m0/s1. The van der Waals surface area contributed by atoms with Crippen LogP contribution in [0.3, 0.4) is 0 Å². The zero-order valence-electron chi connectivity index (χ0n) is 12.1. The van der Waals surface area contributed by atoms with Crippen molar-refractivity contribution in [2.24, 2.45) is 0 Å². The van der Waals surface area contributed by atoms with E-state index in [1.54, 1.807) is 30.3 Å². The summed E-state index contributed by atoms with van der Waals surface area (Å²) >= 11 is 4.21. The number of ether oxygens (including phenoxy) is 1. The molecule has 2 aromatic rings. The number of hydrogen-bond donors (Lipinski definition) is 2. The minimum Gasteiger partial charge on any atom is -0.495 e. The normalized spacial score (nSPS) is 11.6. The summed E-state index contributed by atoms with van der Waals surface area (Å²) in [5.74, 6) is 0.0899. The summed E-state index contributed by atoms with van der Waals surface area (Å²) in [5.41, 5.74) is 1.99. The summed E-state index contributed by atoms with van der Waals surface area (Å²) in [6.45, 7) is 1.93. The van der Waals surface area contributed by atoms with Crippen molar-refractivity contribution in [1.82, 2.24) is 4.72 Å². The molecule has 1 amide bonds. The molecule has 0 radical (unpaired) electrons. The van der Waals surface area contributed by atoms with Gasteiger partial charge in [0.05, 0.1) is 12.1 Å². The Bertz CT molecular complexity index is 704. The van der Waals surface area contributed by atoms with Crippen LogP contribution < -0.4 is 14.2 Å². The van der Waals surface area contributed by atoms with E-state index in [0.29, 0.717) is 22.0 Å². The number of benzene rings is 2. The van der Waals surface area contributed by atoms with Gasteiger partial charge in [-0.15, -0.1) is 0 Å². The molecule has 0 saturated heterocycles. The third kappa shape index (κ3) is 4.22. The van der Waals surface area contributed by atoms with Crippen molar-refractivity contribution in [2.75, 3.05) is 11.8 Å². The van der Waals surface area contributed by atoms with E-state index >= 15 is 0 Å². The monoisotopic (exact) mass is 338 g/mol. The first-order valence-corrected chi connectivity index (χ1v) is 7.92. The highest BCUT2D eigenvalue weighted by Crippen LogP contribution is 2.27. The number of hydrogen-bond acceptors (Lipinski definition) is 3. The highest BCUT2D eigenvalue weighted by Gasteiger charge is 2.10. The Morgan fingerprint density at radius 1 is 1.18 bits per heavy atom. The van der Waals surface area contributed by atoms with Crippen LogP contribution in [0.5, 0.6) is 5.75 Å². The topological polar surface area (TPSA) is 67.4 Å². The van der Waals surface area contributed by atoms with Gasteiger partial charge in [0.1, 0.15) is 5.75 Å². The van der Waals surface area contributed by atoms with Crippen LogP contribution >= 0.6 is 11.6 Å². The fourth-order valence-electron chi connectivity index (χ4n) is 1.71. The number of rotatable bonds is 5. The number of nitrogens with one attached hydrogen (secondary N) is 2. The molecule has 5 nitrogen and oxygen atoms in total. The maximum atomic E-state index is 11.9. The molecule has 0 aliphatic heterocycles. The Kier molecular flexibility index (Phi) is 5.41. The molecule has 0 aliphatic carbocycles.